The van der Waals surface area contributed by atoms with E-state index in [4.69, 9.17) is 9.72 Å². The van der Waals surface area contributed by atoms with Crippen LogP contribution in [-0.4, -0.2) is 18.1 Å². The molecule has 1 aromatic heterocycles. The highest BCUT2D eigenvalue weighted by Crippen LogP contribution is 2.24. The molecule has 4 heteroatoms. The first-order valence-electron chi connectivity index (χ1n) is 7.06. The normalized spacial score (nSPS) is 14.5. The van der Waals surface area contributed by atoms with Gasteiger partial charge in [0, 0.05) is 23.9 Å². The lowest BCUT2D eigenvalue weighted by molar-refractivity contribution is 0.414. The second-order valence-corrected chi connectivity index (χ2v) is 6.47. The number of rotatable bonds is 6. The summed E-state index contributed by atoms with van der Waals surface area (Å²) in [4.78, 5) is 6.07. The van der Waals surface area contributed by atoms with E-state index < -0.39 is 0 Å². The number of methoxy groups -OCH3 is 1. The second-order valence-electron chi connectivity index (χ2n) is 5.30. The van der Waals surface area contributed by atoms with Gasteiger partial charge in [-0.1, -0.05) is 12.1 Å². The van der Waals surface area contributed by atoms with Gasteiger partial charge in [-0.3, -0.25) is 0 Å². The summed E-state index contributed by atoms with van der Waals surface area (Å²) in [6, 6.07) is 8.96. The summed E-state index contributed by atoms with van der Waals surface area (Å²) in [6.45, 7) is 3.07. The molecule has 1 aliphatic carbocycles. The summed E-state index contributed by atoms with van der Waals surface area (Å²) in [5.74, 6) is 0.909. The fourth-order valence-electron chi connectivity index (χ4n) is 2.21. The lowest BCUT2D eigenvalue weighted by atomic mass is 10.1. The monoisotopic (exact) mass is 288 g/mol. The van der Waals surface area contributed by atoms with Gasteiger partial charge in [-0.05, 0) is 37.5 Å². The number of ether oxygens (including phenoxy) is 1. The Balaban J connectivity index is 1.68. The molecule has 0 saturated heterocycles. The van der Waals surface area contributed by atoms with Crippen LogP contribution < -0.4 is 10.1 Å². The van der Waals surface area contributed by atoms with Crippen LogP contribution in [-0.2, 0) is 13.0 Å². The molecule has 0 atom stereocenters. The topological polar surface area (TPSA) is 34.1 Å². The third kappa shape index (κ3) is 3.38. The van der Waals surface area contributed by atoms with Gasteiger partial charge in [0.25, 0.3) is 0 Å². The van der Waals surface area contributed by atoms with Crippen molar-refractivity contribution in [1.29, 1.82) is 0 Å². The Bertz CT molecular complexity index is 590. The van der Waals surface area contributed by atoms with E-state index in [0.717, 1.165) is 24.8 Å². The summed E-state index contributed by atoms with van der Waals surface area (Å²) in [5, 5.41) is 4.74. The highest BCUT2D eigenvalue weighted by atomic mass is 32.1. The molecule has 1 heterocycles. The van der Waals surface area contributed by atoms with E-state index in [1.54, 1.807) is 7.11 Å². The van der Waals surface area contributed by atoms with Crippen LogP contribution in [0.1, 0.15) is 34.0 Å². The summed E-state index contributed by atoms with van der Waals surface area (Å²) in [5.41, 5.74) is 2.42. The van der Waals surface area contributed by atoms with E-state index in [1.807, 2.05) is 23.5 Å². The maximum Gasteiger partial charge on any atom is 0.119 e. The molecular formula is C16H20N2OS. The number of aryl methyl sites for hydroxylation is 1. The van der Waals surface area contributed by atoms with Crippen molar-refractivity contribution in [2.75, 3.05) is 7.11 Å². The Labute approximate surface area is 124 Å². The first-order valence-corrected chi connectivity index (χ1v) is 7.88. The van der Waals surface area contributed by atoms with Crippen molar-refractivity contribution < 1.29 is 4.74 Å². The predicted molar refractivity (Wildman–Crippen MR) is 82.5 cm³/mol. The maximum atomic E-state index is 5.27. The van der Waals surface area contributed by atoms with Gasteiger partial charge in [-0.2, -0.15) is 0 Å². The van der Waals surface area contributed by atoms with Gasteiger partial charge in [0.2, 0.25) is 0 Å². The third-order valence-corrected chi connectivity index (χ3v) is 4.71. The summed E-state index contributed by atoms with van der Waals surface area (Å²) >= 11 is 1.82. The molecule has 0 unspecified atom stereocenters. The molecule has 0 bridgehead atoms. The van der Waals surface area contributed by atoms with Crippen LogP contribution >= 0.6 is 11.3 Å². The Morgan fingerprint density at radius 3 is 3.00 bits per heavy atom. The van der Waals surface area contributed by atoms with Crippen molar-refractivity contribution >= 4 is 11.3 Å². The molecule has 0 amide bonds. The van der Waals surface area contributed by atoms with E-state index in [9.17, 15) is 0 Å². The highest BCUT2D eigenvalue weighted by molar-refractivity contribution is 7.11. The molecule has 0 spiro atoms. The molecule has 1 aliphatic rings. The average Bonchev–Trinajstić information content (AvgIpc) is 3.21. The minimum Gasteiger partial charge on any atom is -0.497 e. The number of nitrogens with zero attached hydrogens (tertiary/aromatic N) is 1. The highest BCUT2D eigenvalue weighted by Gasteiger charge is 2.21. The van der Waals surface area contributed by atoms with Gasteiger partial charge < -0.3 is 10.1 Å². The molecule has 3 nitrogen and oxygen atoms in total. The van der Waals surface area contributed by atoms with Gasteiger partial charge in [-0.25, -0.2) is 4.98 Å². The number of hydrogen-bond acceptors (Lipinski definition) is 4. The zero-order valence-corrected chi connectivity index (χ0v) is 12.8. The van der Waals surface area contributed by atoms with Crippen LogP contribution in [0.4, 0.5) is 0 Å². The summed E-state index contributed by atoms with van der Waals surface area (Å²) in [6.07, 6.45) is 3.54. The van der Waals surface area contributed by atoms with E-state index >= 15 is 0 Å². The molecule has 1 N–H and O–H groups in total. The minimum absolute atomic E-state index is 0.748. The Hall–Kier alpha value is -1.39. The quantitative estimate of drug-likeness (QED) is 0.885. The fourth-order valence-corrected chi connectivity index (χ4v) is 3.26. The minimum atomic E-state index is 0.748. The van der Waals surface area contributed by atoms with Gasteiger partial charge >= 0.3 is 0 Å². The molecule has 106 valence electrons. The molecule has 3 rings (SSSR count). The van der Waals surface area contributed by atoms with E-state index in [0.29, 0.717) is 0 Å². The second kappa shape index (κ2) is 5.94. The van der Waals surface area contributed by atoms with Crippen molar-refractivity contribution in [3.8, 4) is 5.75 Å². The Morgan fingerprint density at radius 1 is 1.40 bits per heavy atom. The number of aromatic nitrogens is 1. The van der Waals surface area contributed by atoms with Gasteiger partial charge in [-0.15, -0.1) is 11.3 Å². The van der Waals surface area contributed by atoms with Crippen molar-refractivity contribution in [3.63, 3.8) is 0 Å². The first kappa shape index (κ1) is 13.6. The third-order valence-electron chi connectivity index (χ3n) is 3.56. The van der Waals surface area contributed by atoms with E-state index in [2.05, 4.69) is 24.4 Å². The standard InChI is InChI=1S/C16H20N2OS/c1-11-15(10-17-13-6-7-13)20-16(18-11)9-12-4-3-5-14(8-12)19-2/h3-5,8,13,17H,6-7,9-10H2,1-2H3. The summed E-state index contributed by atoms with van der Waals surface area (Å²) in [7, 11) is 1.70. The number of hydrogen-bond donors (Lipinski definition) is 1. The van der Waals surface area contributed by atoms with Gasteiger partial charge in [0.05, 0.1) is 17.8 Å². The number of benzene rings is 1. The zero-order valence-electron chi connectivity index (χ0n) is 12.0. The SMILES string of the molecule is COc1cccc(Cc2nc(C)c(CNC3CC3)s2)c1. The van der Waals surface area contributed by atoms with Gasteiger partial charge in [0.1, 0.15) is 5.75 Å². The lowest BCUT2D eigenvalue weighted by Gasteiger charge is -2.02. The smallest absolute Gasteiger partial charge is 0.119 e. The molecule has 1 fully saturated rings. The van der Waals surface area contributed by atoms with Crippen LogP contribution in [0.25, 0.3) is 0 Å². The lowest BCUT2D eigenvalue weighted by Crippen LogP contribution is -2.14. The maximum absolute atomic E-state index is 5.27. The van der Waals surface area contributed by atoms with E-state index in [-0.39, 0.29) is 0 Å². The van der Waals surface area contributed by atoms with Crippen LogP contribution in [0, 0.1) is 6.92 Å². The average molecular weight is 288 g/mol. The Kier molecular flexibility index (Phi) is 4.03. The van der Waals surface area contributed by atoms with E-state index in [1.165, 1.54) is 34.0 Å². The molecule has 1 saturated carbocycles. The molecular weight excluding hydrogens is 268 g/mol. The van der Waals surface area contributed by atoms with Crippen molar-refractivity contribution in [1.82, 2.24) is 10.3 Å². The number of nitrogens with one attached hydrogen (secondary N) is 1. The van der Waals surface area contributed by atoms with Crippen LogP contribution in [0.2, 0.25) is 0 Å². The van der Waals surface area contributed by atoms with Gasteiger partial charge in [0.15, 0.2) is 0 Å². The predicted octanol–water partition coefficient (Wildman–Crippen LogP) is 3.30. The van der Waals surface area contributed by atoms with Crippen molar-refractivity contribution in [2.45, 2.75) is 38.8 Å². The zero-order chi connectivity index (χ0) is 13.9. The van der Waals surface area contributed by atoms with Crippen LogP contribution in [0.3, 0.4) is 0 Å². The molecule has 1 aromatic carbocycles. The first-order chi connectivity index (χ1) is 9.74. The van der Waals surface area contributed by atoms with Crippen LogP contribution in [0.5, 0.6) is 5.75 Å². The number of thiazole rings is 1. The van der Waals surface area contributed by atoms with Crippen molar-refractivity contribution in [3.05, 3.63) is 45.4 Å². The fraction of sp³-hybridized carbons (Fsp3) is 0.438. The molecule has 2 aromatic rings. The molecule has 0 aliphatic heterocycles. The molecule has 0 radical (unpaired) electrons. The van der Waals surface area contributed by atoms with Crippen molar-refractivity contribution in [2.24, 2.45) is 0 Å². The molecule has 20 heavy (non-hydrogen) atoms. The largest absolute Gasteiger partial charge is 0.497 e. The van der Waals surface area contributed by atoms with Crippen LogP contribution in [0.15, 0.2) is 24.3 Å². The summed E-state index contributed by atoms with van der Waals surface area (Å²) < 4.78 is 5.27. The Morgan fingerprint density at radius 2 is 2.25 bits per heavy atom.